The number of allylic oxidation sites excluding steroid dienone is 2. The molecule has 1 aliphatic rings. The van der Waals surface area contributed by atoms with Crippen LogP contribution >= 0.6 is 11.3 Å². The van der Waals surface area contributed by atoms with Crippen molar-refractivity contribution in [3.63, 3.8) is 0 Å². The number of hydrogen-bond donors (Lipinski definition) is 0. The van der Waals surface area contributed by atoms with Gasteiger partial charge in [-0.25, -0.2) is 0 Å². The quantitative estimate of drug-likeness (QED) is 0.501. The molecule has 1 heterocycles. The molecule has 0 saturated carbocycles. The minimum absolute atomic E-state index is 1.19. The van der Waals surface area contributed by atoms with Crippen LogP contribution in [-0.4, -0.2) is 0 Å². The molecule has 0 saturated heterocycles. The van der Waals surface area contributed by atoms with E-state index in [1.54, 1.807) is 0 Å². The number of hydrogen-bond acceptors (Lipinski definition) is 1. The highest BCUT2D eigenvalue weighted by molar-refractivity contribution is 7.25. The van der Waals surface area contributed by atoms with Gasteiger partial charge in [-0.1, -0.05) is 24.3 Å². The molecule has 0 N–H and O–H groups in total. The highest BCUT2D eigenvalue weighted by Gasteiger charge is 2.13. The molecule has 0 unspecified atom stereocenters. The molecule has 1 aromatic heterocycles. The van der Waals surface area contributed by atoms with Gasteiger partial charge in [0.2, 0.25) is 0 Å². The summed E-state index contributed by atoms with van der Waals surface area (Å²) in [6, 6.07) is 13.5. The van der Waals surface area contributed by atoms with Crippen LogP contribution in [-0.2, 0) is 6.42 Å². The summed E-state index contributed by atoms with van der Waals surface area (Å²) in [7, 11) is 0. The number of thiophene rings is 1. The van der Waals surface area contributed by atoms with E-state index in [0.717, 1.165) is 0 Å². The third kappa shape index (κ3) is 1.37. The smallest absolute Gasteiger partial charge is 0.0361 e. The Kier molecular flexibility index (Phi) is 2.12. The maximum atomic E-state index is 2.42. The highest BCUT2D eigenvalue weighted by atomic mass is 32.1. The van der Waals surface area contributed by atoms with Crippen molar-refractivity contribution in [1.82, 2.24) is 0 Å². The van der Waals surface area contributed by atoms with Crippen LogP contribution in [0.4, 0.5) is 0 Å². The third-order valence-electron chi connectivity index (χ3n) is 3.89. The Hall–Kier alpha value is -1.60. The molecule has 4 rings (SSSR count). The van der Waals surface area contributed by atoms with E-state index in [-0.39, 0.29) is 0 Å². The molecule has 0 radical (unpaired) electrons. The van der Waals surface area contributed by atoms with Crippen molar-refractivity contribution in [3.05, 3.63) is 53.6 Å². The molecule has 18 heavy (non-hydrogen) atoms. The Morgan fingerprint density at radius 2 is 1.89 bits per heavy atom. The minimum atomic E-state index is 1.19. The summed E-state index contributed by atoms with van der Waals surface area (Å²) in [5, 5.41) is 2.84. The largest absolute Gasteiger partial charge is 0.135 e. The van der Waals surface area contributed by atoms with Crippen LogP contribution in [0.15, 0.2) is 42.5 Å². The molecular formula is C17H14S. The van der Waals surface area contributed by atoms with E-state index < -0.39 is 0 Å². The minimum Gasteiger partial charge on any atom is -0.135 e. The fraction of sp³-hybridized carbons (Fsp3) is 0.176. The Morgan fingerprint density at radius 1 is 1.00 bits per heavy atom. The summed E-state index contributed by atoms with van der Waals surface area (Å²) < 4.78 is 2.82. The first-order valence-electron chi connectivity index (χ1n) is 6.44. The molecule has 88 valence electrons. The summed E-state index contributed by atoms with van der Waals surface area (Å²) in [5.41, 5.74) is 4.42. The molecule has 0 bridgehead atoms. The van der Waals surface area contributed by atoms with E-state index in [4.69, 9.17) is 0 Å². The Bertz CT molecular complexity index is 790. The van der Waals surface area contributed by atoms with Gasteiger partial charge in [0.25, 0.3) is 0 Å². The lowest BCUT2D eigenvalue weighted by Gasteiger charge is -2.15. The highest BCUT2D eigenvalue weighted by Crippen LogP contribution is 2.38. The van der Waals surface area contributed by atoms with Crippen molar-refractivity contribution in [2.75, 3.05) is 0 Å². The van der Waals surface area contributed by atoms with E-state index in [0.29, 0.717) is 0 Å². The molecule has 0 amide bonds. The first-order valence-corrected chi connectivity index (χ1v) is 7.26. The van der Waals surface area contributed by atoms with Gasteiger partial charge in [0.1, 0.15) is 0 Å². The normalized spacial score (nSPS) is 14.8. The SMILES string of the molecule is CC1=CCCc2cc3c(cc21)sc1ccccc13. The predicted octanol–water partition coefficient (Wildman–Crippen LogP) is 5.40. The van der Waals surface area contributed by atoms with Crippen LogP contribution in [0, 0.1) is 0 Å². The van der Waals surface area contributed by atoms with Crippen molar-refractivity contribution < 1.29 is 0 Å². The van der Waals surface area contributed by atoms with Gasteiger partial charge in [-0.15, -0.1) is 11.3 Å². The topological polar surface area (TPSA) is 0 Å². The van der Waals surface area contributed by atoms with Crippen molar-refractivity contribution in [2.45, 2.75) is 19.8 Å². The molecule has 2 aromatic carbocycles. The van der Waals surface area contributed by atoms with E-state index in [9.17, 15) is 0 Å². The second-order valence-corrected chi connectivity index (χ2v) is 6.11. The van der Waals surface area contributed by atoms with E-state index >= 15 is 0 Å². The fourth-order valence-electron chi connectivity index (χ4n) is 2.94. The summed E-state index contributed by atoms with van der Waals surface area (Å²) in [6.07, 6.45) is 4.74. The van der Waals surface area contributed by atoms with Crippen molar-refractivity contribution in [1.29, 1.82) is 0 Å². The molecule has 0 aliphatic heterocycles. The van der Waals surface area contributed by atoms with E-state index in [1.165, 1.54) is 49.7 Å². The first-order chi connectivity index (χ1) is 8.83. The lowest BCUT2D eigenvalue weighted by molar-refractivity contribution is 0.979. The van der Waals surface area contributed by atoms with Gasteiger partial charge in [-0.2, -0.15) is 0 Å². The second kappa shape index (κ2) is 3.69. The van der Waals surface area contributed by atoms with E-state index in [2.05, 4.69) is 49.4 Å². The summed E-state index contributed by atoms with van der Waals surface area (Å²) in [4.78, 5) is 0. The van der Waals surface area contributed by atoms with E-state index in [1.807, 2.05) is 11.3 Å². The monoisotopic (exact) mass is 250 g/mol. The standard InChI is InChI=1S/C17H14S/c1-11-5-4-6-12-9-15-13-7-2-3-8-16(13)18-17(15)10-14(11)12/h2-3,5,7-10H,4,6H2,1H3. The molecule has 0 spiro atoms. The average molecular weight is 250 g/mol. The number of rotatable bonds is 0. The molecule has 0 nitrogen and oxygen atoms in total. The number of fused-ring (bicyclic) bond motifs is 4. The maximum absolute atomic E-state index is 2.42. The van der Waals surface area contributed by atoms with Crippen LogP contribution in [0.1, 0.15) is 24.5 Å². The van der Waals surface area contributed by atoms with Crippen molar-refractivity contribution >= 4 is 37.1 Å². The van der Waals surface area contributed by atoms with Crippen LogP contribution in [0.2, 0.25) is 0 Å². The van der Waals surface area contributed by atoms with Gasteiger partial charge in [-0.05, 0) is 54.7 Å². The van der Waals surface area contributed by atoms with Crippen LogP contribution in [0.5, 0.6) is 0 Å². The Labute approximate surface area is 111 Å². The lowest BCUT2D eigenvalue weighted by atomic mass is 9.90. The summed E-state index contributed by atoms with van der Waals surface area (Å²) in [5.74, 6) is 0. The molecule has 1 heteroatoms. The van der Waals surface area contributed by atoms with Gasteiger partial charge in [0.15, 0.2) is 0 Å². The van der Waals surface area contributed by atoms with Crippen LogP contribution < -0.4 is 0 Å². The van der Waals surface area contributed by atoms with Crippen LogP contribution in [0.3, 0.4) is 0 Å². The first kappa shape index (κ1) is 10.3. The molecular weight excluding hydrogens is 236 g/mol. The maximum Gasteiger partial charge on any atom is 0.0361 e. The number of benzene rings is 2. The zero-order valence-corrected chi connectivity index (χ0v) is 11.2. The zero-order valence-electron chi connectivity index (χ0n) is 10.4. The Morgan fingerprint density at radius 3 is 2.83 bits per heavy atom. The van der Waals surface area contributed by atoms with Gasteiger partial charge in [0, 0.05) is 20.2 Å². The molecule has 3 aromatic rings. The van der Waals surface area contributed by atoms with Crippen LogP contribution in [0.25, 0.3) is 25.7 Å². The van der Waals surface area contributed by atoms with Gasteiger partial charge in [-0.3, -0.25) is 0 Å². The number of aryl methyl sites for hydroxylation is 1. The molecule has 0 fully saturated rings. The third-order valence-corrected chi connectivity index (χ3v) is 5.03. The van der Waals surface area contributed by atoms with Crippen molar-refractivity contribution in [2.24, 2.45) is 0 Å². The zero-order chi connectivity index (χ0) is 12.1. The average Bonchev–Trinajstić information content (AvgIpc) is 2.75. The fourth-order valence-corrected chi connectivity index (χ4v) is 4.07. The molecule has 1 aliphatic carbocycles. The second-order valence-electron chi connectivity index (χ2n) is 5.03. The van der Waals surface area contributed by atoms with Gasteiger partial charge in [0.05, 0.1) is 0 Å². The van der Waals surface area contributed by atoms with Gasteiger partial charge < -0.3 is 0 Å². The molecule has 0 atom stereocenters. The lowest BCUT2D eigenvalue weighted by Crippen LogP contribution is -1.97. The summed E-state index contributed by atoms with van der Waals surface area (Å²) >= 11 is 1.91. The predicted molar refractivity (Wildman–Crippen MR) is 81.3 cm³/mol. The van der Waals surface area contributed by atoms with Gasteiger partial charge >= 0.3 is 0 Å². The Balaban J connectivity index is 2.14. The van der Waals surface area contributed by atoms with Crippen molar-refractivity contribution in [3.8, 4) is 0 Å². The summed E-state index contributed by atoms with van der Waals surface area (Å²) in [6.45, 7) is 2.23.